The number of carbonyl (C=O) groups is 4. The molecule has 0 aromatic carbocycles. The first-order chi connectivity index (χ1) is 35.6. The van der Waals surface area contributed by atoms with Gasteiger partial charge in [-0.25, -0.2) is 4.79 Å². The minimum Gasteiger partial charge on any atom is -0.479 e. The van der Waals surface area contributed by atoms with Crippen LogP contribution < -0.4 is 0 Å². The van der Waals surface area contributed by atoms with Crippen molar-refractivity contribution in [3.63, 3.8) is 0 Å². The van der Waals surface area contributed by atoms with Gasteiger partial charge in [-0.3, -0.25) is 14.4 Å². The monoisotopic (exact) mass is 1020 g/mol. The quantitative estimate of drug-likeness (QED) is 0.0228. The van der Waals surface area contributed by atoms with Crippen molar-refractivity contribution in [3.05, 3.63) is 85.1 Å². The Kier molecular flexibility index (Phi) is 44.7. The van der Waals surface area contributed by atoms with Crippen molar-refractivity contribution in [1.82, 2.24) is 0 Å². The SMILES string of the molecule is CC/C=C\C/C=C\C/C=C\C/C=C\C/C=C\CC(=O)OCC(COC1OC(C(=O)O)C(O)C(O)C1OC(=O)CCCCCCCCCCCCCCCCC)OC(=O)CCCCCCC/C=C\C/C=C\CCC. The van der Waals surface area contributed by atoms with Crippen molar-refractivity contribution in [3.8, 4) is 0 Å². The Bertz CT molecular complexity index is 1590. The van der Waals surface area contributed by atoms with Gasteiger partial charge >= 0.3 is 23.9 Å². The molecule has 0 aliphatic carbocycles. The van der Waals surface area contributed by atoms with E-state index < -0.39 is 67.3 Å². The lowest BCUT2D eigenvalue weighted by atomic mass is 9.98. The number of unbranched alkanes of at least 4 members (excludes halogenated alkanes) is 20. The second kappa shape index (κ2) is 48.8. The highest BCUT2D eigenvalue weighted by Crippen LogP contribution is 2.26. The fraction of sp³-hybridized carbons (Fsp3) is 0.705. The first kappa shape index (κ1) is 66.9. The minimum absolute atomic E-state index is 0.0195. The maximum Gasteiger partial charge on any atom is 0.335 e. The number of aliphatic hydroxyl groups excluding tert-OH is 2. The third-order valence-corrected chi connectivity index (χ3v) is 12.5. The summed E-state index contributed by atoms with van der Waals surface area (Å²) in [5.74, 6) is -3.30. The Morgan fingerprint density at radius 2 is 0.932 bits per heavy atom. The van der Waals surface area contributed by atoms with Crippen LogP contribution in [-0.4, -0.2) is 89.2 Å². The zero-order valence-electron chi connectivity index (χ0n) is 45.6. The van der Waals surface area contributed by atoms with Gasteiger partial charge in [0.1, 0.15) is 18.8 Å². The molecule has 1 fully saturated rings. The second-order valence-corrected chi connectivity index (χ2v) is 19.2. The molecular formula is C61H100O12. The Balaban J connectivity index is 2.76. The first-order valence-electron chi connectivity index (χ1n) is 28.6. The molecule has 1 rings (SSSR count). The molecule has 6 atom stereocenters. The van der Waals surface area contributed by atoms with Crippen LogP contribution in [-0.2, 0) is 42.9 Å². The Morgan fingerprint density at radius 3 is 1.44 bits per heavy atom. The van der Waals surface area contributed by atoms with E-state index in [9.17, 15) is 34.5 Å². The van der Waals surface area contributed by atoms with Crippen molar-refractivity contribution < 1.29 is 58.2 Å². The fourth-order valence-electron chi connectivity index (χ4n) is 8.13. The van der Waals surface area contributed by atoms with Crippen LogP contribution in [0.15, 0.2) is 85.1 Å². The van der Waals surface area contributed by atoms with Gasteiger partial charge in [-0.1, -0.05) is 221 Å². The van der Waals surface area contributed by atoms with Gasteiger partial charge in [-0.05, 0) is 70.6 Å². The second-order valence-electron chi connectivity index (χ2n) is 19.2. The first-order valence-corrected chi connectivity index (χ1v) is 28.6. The van der Waals surface area contributed by atoms with Gasteiger partial charge in [0.2, 0.25) is 0 Å². The van der Waals surface area contributed by atoms with Crippen LogP contribution in [0.5, 0.6) is 0 Å². The van der Waals surface area contributed by atoms with Crippen LogP contribution in [0, 0.1) is 0 Å². The third-order valence-electron chi connectivity index (χ3n) is 12.5. The number of carbonyl (C=O) groups excluding carboxylic acids is 3. The molecule has 0 bridgehead atoms. The highest BCUT2D eigenvalue weighted by atomic mass is 16.7. The largest absolute Gasteiger partial charge is 0.479 e. The molecule has 0 radical (unpaired) electrons. The number of aliphatic hydroxyl groups is 2. The van der Waals surface area contributed by atoms with Crippen LogP contribution >= 0.6 is 0 Å². The maximum absolute atomic E-state index is 13.1. The molecule has 12 heteroatoms. The summed E-state index contributed by atoms with van der Waals surface area (Å²) in [5, 5.41) is 31.4. The van der Waals surface area contributed by atoms with Gasteiger partial charge in [0.25, 0.3) is 0 Å². The van der Waals surface area contributed by atoms with Gasteiger partial charge in [0, 0.05) is 12.8 Å². The van der Waals surface area contributed by atoms with Crippen molar-refractivity contribution >= 4 is 23.9 Å². The molecule has 73 heavy (non-hydrogen) atoms. The van der Waals surface area contributed by atoms with Crippen LogP contribution in [0.4, 0.5) is 0 Å². The smallest absolute Gasteiger partial charge is 0.335 e. The number of aliphatic carboxylic acids is 1. The van der Waals surface area contributed by atoms with Gasteiger partial charge in [0.05, 0.1) is 13.0 Å². The predicted molar refractivity (Wildman–Crippen MR) is 294 cm³/mol. The summed E-state index contributed by atoms with van der Waals surface area (Å²) in [7, 11) is 0. The Labute approximate surface area is 441 Å². The van der Waals surface area contributed by atoms with E-state index in [0.29, 0.717) is 19.3 Å². The molecule has 6 unspecified atom stereocenters. The molecule has 3 N–H and O–H groups in total. The highest BCUT2D eigenvalue weighted by Gasteiger charge is 2.50. The summed E-state index contributed by atoms with van der Waals surface area (Å²) in [4.78, 5) is 51.0. The van der Waals surface area contributed by atoms with Gasteiger partial charge < -0.3 is 39.0 Å². The van der Waals surface area contributed by atoms with Crippen LogP contribution in [0.3, 0.4) is 0 Å². The van der Waals surface area contributed by atoms with E-state index in [2.05, 4.69) is 87.6 Å². The lowest BCUT2D eigenvalue weighted by Crippen LogP contribution is -2.61. The molecule has 0 aromatic heterocycles. The lowest BCUT2D eigenvalue weighted by Gasteiger charge is -2.40. The van der Waals surface area contributed by atoms with Crippen LogP contribution in [0.1, 0.15) is 226 Å². The molecule has 416 valence electrons. The summed E-state index contributed by atoms with van der Waals surface area (Å²) in [5.41, 5.74) is 0. The van der Waals surface area contributed by atoms with E-state index >= 15 is 0 Å². The van der Waals surface area contributed by atoms with Gasteiger partial charge in [-0.15, -0.1) is 0 Å². The van der Waals surface area contributed by atoms with Crippen molar-refractivity contribution in [2.24, 2.45) is 0 Å². The number of allylic oxidation sites excluding steroid dienone is 13. The third kappa shape index (κ3) is 39.0. The molecule has 1 aliphatic heterocycles. The normalized spacial score (nSPS) is 18.9. The Morgan fingerprint density at radius 1 is 0.479 bits per heavy atom. The molecule has 1 heterocycles. The number of hydrogen-bond acceptors (Lipinski definition) is 11. The molecule has 1 aliphatic rings. The van der Waals surface area contributed by atoms with Gasteiger partial charge in [-0.2, -0.15) is 0 Å². The summed E-state index contributed by atoms with van der Waals surface area (Å²) in [6.07, 6.45) is 50.1. The number of hydrogen-bond donors (Lipinski definition) is 3. The highest BCUT2D eigenvalue weighted by molar-refractivity contribution is 5.74. The summed E-state index contributed by atoms with van der Waals surface area (Å²) in [6.45, 7) is 5.70. The summed E-state index contributed by atoms with van der Waals surface area (Å²) in [6, 6.07) is 0. The maximum atomic E-state index is 13.1. The topological polar surface area (TPSA) is 175 Å². The van der Waals surface area contributed by atoms with E-state index in [1.165, 1.54) is 64.2 Å². The van der Waals surface area contributed by atoms with Crippen LogP contribution in [0.2, 0.25) is 0 Å². The van der Waals surface area contributed by atoms with Gasteiger partial charge in [0.15, 0.2) is 24.6 Å². The summed E-state index contributed by atoms with van der Waals surface area (Å²) < 4.78 is 28.2. The van der Waals surface area contributed by atoms with Crippen molar-refractivity contribution in [2.75, 3.05) is 13.2 Å². The fourth-order valence-corrected chi connectivity index (χ4v) is 8.13. The number of carboxylic acids is 1. The number of rotatable bonds is 47. The average Bonchev–Trinajstić information content (AvgIpc) is 3.37. The molecule has 0 saturated carbocycles. The molecule has 0 spiro atoms. The molecule has 1 saturated heterocycles. The number of carboxylic acid groups (broad SMARTS) is 1. The van der Waals surface area contributed by atoms with Crippen molar-refractivity contribution in [1.29, 1.82) is 0 Å². The lowest BCUT2D eigenvalue weighted by molar-refractivity contribution is -0.301. The van der Waals surface area contributed by atoms with Crippen molar-refractivity contribution in [2.45, 2.75) is 263 Å². The van der Waals surface area contributed by atoms with Crippen LogP contribution in [0.25, 0.3) is 0 Å². The standard InChI is InChI=1S/C61H100O12/c1-4-7-10-13-16-19-22-25-27-30-32-35-38-41-44-47-53(62)69-50-52(71-54(63)48-45-42-39-36-33-29-24-21-18-15-12-9-6-3)51-70-61-59(57(66)56(65)58(73-61)60(67)68)72-55(64)49-46-43-40-37-34-31-28-26-23-20-17-14-11-8-5-2/h7,10,12,15-16,19,21,24-25,27,32,35,41,44,52,56-59,61,65-66H,4-6,8-9,11,13-14,17-18,20,22-23,26,28-31,33-34,36-40,42-43,45-51H2,1-3H3,(H,67,68)/b10-7-,15-12-,19-16-,24-21-,27-25-,35-32-,44-41-. The molecule has 0 aromatic rings. The van der Waals surface area contributed by atoms with E-state index in [1.54, 1.807) is 6.08 Å². The van der Waals surface area contributed by atoms with E-state index in [0.717, 1.165) is 103 Å². The Hall–Kier alpha value is -4.10. The number of esters is 3. The number of ether oxygens (including phenoxy) is 5. The minimum atomic E-state index is -1.92. The average molecular weight is 1030 g/mol. The zero-order chi connectivity index (χ0) is 53.3. The zero-order valence-corrected chi connectivity index (χ0v) is 45.6. The predicted octanol–water partition coefficient (Wildman–Crippen LogP) is 14.3. The van der Waals surface area contributed by atoms with E-state index in [1.807, 2.05) is 12.2 Å². The molecular weight excluding hydrogens is 925 g/mol. The summed E-state index contributed by atoms with van der Waals surface area (Å²) >= 11 is 0. The molecule has 0 amide bonds. The van der Waals surface area contributed by atoms with E-state index in [4.69, 9.17) is 23.7 Å². The van der Waals surface area contributed by atoms with E-state index in [-0.39, 0.29) is 25.9 Å². The molecule has 12 nitrogen and oxygen atoms in total.